The zero-order valence-electron chi connectivity index (χ0n) is 21.0. The minimum atomic E-state index is -3.33. The molecule has 190 valence electrons. The van der Waals surface area contributed by atoms with Gasteiger partial charge in [0.1, 0.15) is 5.60 Å². The molecule has 1 amide bonds. The highest BCUT2D eigenvalue weighted by Crippen LogP contribution is 2.42. The summed E-state index contributed by atoms with van der Waals surface area (Å²) in [5.74, 6) is 0. The Morgan fingerprint density at radius 3 is 2.36 bits per heavy atom. The molecule has 1 fully saturated rings. The molecule has 0 spiro atoms. The third kappa shape index (κ3) is 5.60. The molecule has 2 aromatic carbocycles. The number of hydrogen-bond acceptors (Lipinski definition) is 6. The van der Waals surface area contributed by atoms with Crippen LogP contribution in [-0.2, 0) is 20.2 Å². The van der Waals surface area contributed by atoms with E-state index in [2.05, 4.69) is 4.98 Å². The lowest BCUT2D eigenvalue weighted by Gasteiger charge is -2.45. The Balaban J connectivity index is 1.54. The van der Waals surface area contributed by atoms with Crippen LogP contribution in [0.15, 0.2) is 77.8 Å². The average molecular weight is 509 g/mol. The van der Waals surface area contributed by atoms with Gasteiger partial charge >= 0.3 is 6.09 Å². The summed E-state index contributed by atoms with van der Waals surface area (Å²) >= 11 is 0. The fourth-order valence-corrected chi connectivity index (χ4v) is 5.44. The maximum atomic E-state index is 13.3. The molecule has 0 radical (unpaired) electrons. The molecule has 2 heterocycles. The molecule has 0 aliphatic carbocycles. The van der Waals surface area contributed by atoms with E-state index in [0.717, 1.165) is 16.7 Å². The normalized spacial score (nSPS) is 19.6. The van der Waals surface area contributed by atoms with Crippen LogP contribution >= 0.6 is 0 Å². The van der Waals surface area contributed by atoms with Crippen molar-refractivity contribution >= 4 is 15.9 Å². The molecule has 1 aliphatic heterocycles. The second kappa shape index (κ2) is 9.67. The second-order valence-electron chi connectivity index (χ2n) is 10.1. The van der Waals surface area contributed by atoms with Gasteiger partial charge in [0.15, 0.2) is 9.84 Å². The third-order valence-electron chi connectivity index (χ3n) is 6.61. The van der Waals surface area contributed by atoms with Gasteiger partial charge in [0.2, 0.25) is 0 Å². The fourth-order valence-electron chi connectivity index (χ4n) is 4.80. The van der Waals surface area contributed by atoms with Crippen LogP contribution in [0.5, 0.6) is 0 Å². The number of pyridine rings is 1. The Labute approximate surface area is 212 Å². The van der Waals surface area contributed by atoms with Gasteiger partial charge in [-0.2, -0.15) is 0 Å². The number of amides is 1. The summed E-state index contributed by atoms with van der Waals surface area (Å²) in [6, 6.07) is 20.0. The second-order valence-corrected chi connectivity index (χ2v) is 12.1. The lowest BCUT2D eigenvalue weighted by atomic mass is 9.80. The van der Waals surface area contributed by atoms with Crippen LogP contribution in [0.1, 0.15) is 50.8 Å². The summed E-state index contributed by atoms with van der Waals surface area (Å²) in [7, 11) is -3.33. The summed E-state index contributed by atoms with van der Waals surface area (Å²) < 4.78 is 29.9. The van der Waals surface area contributed by atoms with Gasteiger partial charge in [-0.1, -0.05) is 54.6 Å². The summed E-state index contributed by atoms with van der Waals surface area (Å²) in [6.07, 6.45) is 3.08. The molecule has 1 aromatic heterocycles. The number of ether oxygens (including phenoxy) is 1. The van der Waals surface area contributed by atoms with Crippen LogP contribution in [0, 0.1) is 0 Å². The predicted molar refractivity (Wildman–Crippen MR) is 138 cm³/mol. The Hall–Kier alpha value is -3.23. The first kappa shape index (κ1) is 25.9. The van der Waals surface area contributed by atoms with E-state index in [1.165, 1.54) is 18.5 Å². The van der Waals surface area contributed by atoms with Crippen LogP contribution < -0.4 is 0 Å². The first-order chi connectivity index (χ1) is 16.9. The highest BCUT2D eigenvalue weighted by molar-refractivity contribution is 7.90. The van der Waals surface area contributed by atoms with Crippen molar-refractivity contribution in [3.05, 3.63) is 84.1 Å². The SMILES string of the molecule is C[C@@H](c1ccc(-c2cc(S(C)(=O)=O)ccn2)cc1)N1CCC(CC(C)(C)O)(c2ccccc2)OC1=O. The van der Waals surface area contributed by atoms with Crippen LogP contribution in [0.3, 0.4) is 0 Å². The third-order valence-corrected chi connectivity index (χ3v) is 7.72. The summed E-state index contributed by atoms with van der Waals surface area (Å²) in [5, 5.41) is 10.6. The van der Waals surface area contributed by atoms with Crippen molar-refractivity contribution in [1.82, 2.24) is 9.88 Å². The minimum absolute atomic E-state index is 0.217. The fraction of sp³-hybridized carbons (Fsp3) is 0.357. The van der Waals surface area contributed by atoms with Gasteiger partial charge in [-0.3, -0.25) is 4.98 Å². The number of hydrogen-bond donors (Lipinski definition) is 1. The molecule has 4 rings (SSSR count). The van der Waals surface area contributed by atoms with Gasteiger partial charge in [-0.05, 0) is 44.0 Å². The number of sulfone groups is 1. The largest absolute Gasteiger partial charge is 0.438 e. The van der Waals surface area contributed by atoms with Crippen molar-refractivity contribution in [1.29, 1.82) is 0 Å². The first-order valence-electron chi connectivity index (χ1n) is 11.9. The highest BCUT2D eigenvalue weighted by atomic mass is 32.2. The number of carbonyl (C=O) groups excluding carboxylic acids is 1. The number of cyclic esters (lactones) is 1. The molecule has 1 unspecified atom stereocenters. The Morgan fingerprint density at radius 2 is 1.78 bits per heavy atom. The van der Waals surface area contributed by atoms with Gasteiger partial charge in [0.05, 0.1) is 22.2 Å². The van der Waals surface area contributed by atoms with Crippen molar-refractivity contribution in [2.75, 3.05) is 12.8 Å². The number of aromatic nitrogens is 1. The quantitative estimate of drug-likeness (QED) is 0.476. The standard InChI is InChI=1S/C28H32N2O5S/c1-20(21-10-12-22(13-11-21)25-18-24(14-16-29-25)36(4,33)34)30-17-15-28(35-26(30)31,19-27(2,3)32)23-8-6-5-7-9-23/h5-14,16,18,20,32H,15,17,19H2,1-4H3/t20-,28?/m0/s1. The monoisotopic (exact) mass is 508 g/mol. The van der Waals surface area contributed by atoms with E-state index in [1.54, 1.807) is 24.8 Å². The summed E-state index contributed by atoms with van der Waals surface area (Å²) in [5.41, 5.74) is 1.24. The lowest BCUT2D eigenvalue weighted by molar-refractivity contribution is -0.101. The van der Waals surface area contributed by atoms with Crippen molar-refractivity contribution in [2.24, 2.45) is 0 Å². The maximum Gasteiger partial charge on any atom is 0.411 e. The smallest absolute Gasteiger partial charge is 0.411 e. The zero-order valence-corrected chi connectivity index (χ0v) is 21.8. The van der Waals surface area contributed by atoms with E-state index >= 15 is 0 Å². The van der Waals surface area contributed by atoms with Crippen molar-refractivity contribution in [3.63, 3.8) is 0 Å². The van der Waals surface area contributed by atoms with Crippen LogP contribution in [0.4, 0.5) is 4.79 Å². The highest BCUT2D eigenvalue weighted by Gasteiger charge is 2.46. The lowest BCUT2D eigenvalue weighted by Crippen LogP contribution is -2.51. The molecule has 36 heavy (non-hydrogen) atoms. The topological polar surface area (TPSA) is 96.8 Å². The number of nitrogens with zero attached hydrogens (tertiary/aromatic N) is 2. The van der Waals surface area contributed by atoms with Gasteiger partial charge in [0.25, 0.3) is 0 Å². The maximum absolute atomic E-state index is 13.3. The van der Waals surface area contributed by atoms with E-state index in [4.69, 9.17) is 4.74 Å². The van der Waals surface area contributed by atoms with E-state index < -0.39 is 27.1 Å². The van der Waals surface area contributed by atoms with Crippen molar-refractivity contribution in [2.45, 2.75) is 55.8 Å². The molecule has 7 nitrogen and oxygen atoms in total. The Kier molecular flexibility index (Phi) is 6.94. The molecular weight excluding hydrogens is 476 g/mol. The molecule has 2 atom stereocenters. The summed E-state index contributed by atoms with van der Waals surface area (Å²) in [6.45, 7) is 5.88. The van der Waals surface area contributed by atoms with Crippen molar-refractivity contribution < 1.29 is 23.1 Å². The molecular formula is C28H32N2O5S. The van der Waals surface area contributed by atoms with E-state index in [1.807, 2.05) is 61.5 Å². The molecule has 0 bridgehead atoms. The number of aliphatic hydroxyl groups is 1. The number of rotatable bonds is 7. The molecule has 1 N–H and O–H groups in total. The van der Waals surface area contributed by atoms with Crippen LogP contribution in [0.25, 0.3) is 11.3 Å². The van der Waals surface area contributed by atoms with E-state index in [-0.39, 0.29) is 10.9 Å². The van der Waals surface area contributed by atoms with Gasteiger partial charge in [0, 0.05) is 37.4 Å². The zero-order chi connectivity index (χ0) is 26.1. The number of benzene rings is 2. The molecule has 8 heteroatoms. The average Bonchev–Trinajstić information content (AvgIpc) is 2.83. The van der Waals surface area contributed by atoms with Gasteiger partial charge in [-0.15, -0.1) is 0 Å². The first-order valence-corrected chi connectivity index (χ1v) is 13.8. The molecule has 1 aliphatic rings. The van der Waals surface area contributed by atoms with Crippen molar-refractivity contribution in [3.8, 4) is 11.3 Å². The molecule has 3 aromatic rings. The van der Waals surface area contributed by atoms with E-state index in [9.17, 15) is 18.3 Å². The minimum Gasteiger partial charge on any atom is -0.438 e. The molecule has 0 saturated carbocycles. The molecule has 1 saturated heterocycles. The van der Waals surface area contributed by atoms with Gasteiger partial charge < -0.3 is 14.7 Å². The predicted octanol–water partition coefficient (Wildman–Crippen LogP) is 5.11. The Morgan fingerprint density at radius 1 is 1.11 bits per heavy atom. The van der Waals surface area contributed by atoms with E-state index in [0.29, 0.717) is 25.1 Å². The number of carbonyl (C=O) groups is 1. The van der Waals surface area contributed by atoms with Crippen LogP contribution in [-0.4, -0.2) is 47.9 Å². The van der Waals surface area contributed by atoms with Crippen LogP contribution in [0.2, 0.25) is 0 Å². The summed E-state index contributed by atoms with van der Waals surface area (Å²) in [4.78, 5) is 19.5. The Bertz CT molecular complexity index is 1330. The van der Waals surface area contributed by atoms with Gasteiger partial charge in [-0.25, -0.2) is 13.2 Å².